The van der Waals surface area contributed by atoms with Crippen LogP contribution >= 0.6 is 0 Å². The van der Waals surface area contributed by atoms with Crippen molar-refractivity contribution < 1.29 is 9.63 Å². The van der Waals surface area contributed by atoms with Crippen molar-refractivity contribution in [1.82, 2.24) is 16.1 Å². The van der Waals surface area contributed by atoms with Crippen LogP contribution in [0, 0.1) is 5.41 Å². The van der Waals surface area contributed by atoms with Crippen molar-refractivity contribution in [2.24, 2.45) is 10.4 Å². The van der Waals surface area contributed by atoms with Crippen molar-refractivity contribution in [2.45, 2.75) is 19.3 Å². The number of nitrogens with zero attached hydrogens (tertiary/aromatic N) is 1. The van der Waals surface area contributed by atoms with Gasteiger partial charge in [-0.15, -0.1) is 0 Å². The summed E-state index contributed by atoms with van der Waals surface area (Å²) in [5, 5.41) is 5.38. The van der Waals surface area contributed by atoms with Crippen LogP contribution in [0.25, 0.3) is 0 Å². The van der Waals surface area contributed by atoms with E-state index in [1.54, 1.807) is 14.1 Å². The average Bonchev–Trinajstić information content (AvgIpc) is 2.25. The van der Waals surface area contributed by atoms with Crippen LogP contribution in [-0.2, 0) is 4.84 Å². The molecule has 0 saturated heterocycles. The number of hydroxylamine groups is 1. The monoisotopic (exact) mass is 228 g/mol. The SMILES string of the molecule is CN=CONCC1(CNC(=O)NC)CCC1. The lowest BCUT2D eigenvalue weighted by molar-refractivity contribution is 0.0682. The first-order valence-corrected chi connectivity index (χ1v) is 5.47. The van der Waals surface area contributed by atoms with Crippen LogP contribution in [0.3, 0.4) is 0 Å². The topological polar surface area (TPSA) is 74.8 Å². The molecule has 0 aromatic heterocycles. The first-order valence-electron chi connectivity index (χ1n) is 5.47. The lowest BCUT2D eigenvalue weighted by atomic mass is 9.69. The highest BCUT2D eigenvalue weighted by atomic mass is 16.6. The Hall–Kier alpha value is -1.30. The van der Waals surface area contributed by atoms with Gasteiger partial charge in [0, 0.05) is 32.6 Å². The Bertz CT molecular complexity index is 251. The van der Waals surface area contributed by atoms with Crippen LogP contribution < -0.4 is 16.1 Å². The minimum atomic E-state index is -0.137. The first kappa shape index (κ1) is 12.8. The van der Waals surface area contributed by atoms with Crippen LogP contribution in [-0.4, -0.2) is 39.6 Å². The van der Waals surface area contributed by atoms with Gasteiger partial charge in [0.1, 0.15) is 0 Å². The lowest BCUT2D eigenvalue weighted by Gasteiger charge is -2.41. The van der Waals surface area contributed by atoms with Crippen LogP contribution in [0.1, 0.15) is 19.3 Å². The molecule has 6 nitrogen and oxygen atoms in total. The third-order valence-corrected chi connectivity index (χ3v) is 2.95. The number of carbonyl (C=O) groups excluding carboxylic acids is 1. The van der Waals surface area contributed by atoms with E-state index in [0.29, 0.717) is 6.54 Å². The standard InChI is InChI=1S/C10H20N4O2/c1-11-8-16-14-7-10(4-3-5-10)6-13-9(15)12-2/h8,14H,3-7H2,1-2H3,(H2,12,13,15). The van der Waals surface area contributed by atoms with Crippen LogP contribution in [0.15, 0.2) is 4.99 Å². The van der Waals surface area contributed by atoms with E-state index in [2.05, 4.69) is 21.1 Å². The molecule has 0 aromatic rings. The van der Waals surface area contributed by atoms with Crippen molar-refractivity contribution in [1.29, 1.82) is 0 Å². The van der Waals surface area contributed by atoms with E-state index >= 15 is 0 Å². The summed E-state index contributed by atoms with van der Waals surface area (Å²) < 4.78 is 0. The molecule has 1 fully saturated rings. The molecule has 1 saturated carbocycles. The Labute approximate surface area is 95.8 Å². The van der Waals surface area contributed by atoms with Crippen molar-refractivity contribution in [2.75, 3.05) is 27.2 Å². The van der Waals surface area contributed by atoms with Gasteiger partial charge in [0.2, 0.25) is 0 Å². The van der Waals surface area contributed by atoms with Gasteiger partial charge in [0.05, 0.1) is 0 Å². The molecule has 1 aliphatic rings. The zero-order chi connectivity index (χ0) is 11.9. The quantitative estimate of drug-likeness (QED) is 0.264. The molecule has 3 N–H and O–H groups in total. The van der Waals surface area contributed by atoms with E-state index < -0.39 is 0 Å². The molecule has 1 rings (SSSR count). The van der Waals surface area contributed by atoms with Gasteiger partial charge < -0.3 is 15.5 Å². The Morgan fingerprint density at radius 2 is 2.25 bits per heavy atom. The van der Waals surface area contributed by atoms with Gasteiger partial charge in [0.15, 0.2) is 6.40 Å². The Morgan fingerprint density at radius 1 is 1.50 bits per heavy atom. The van der Waals surface area contributed by atoms with Gasteiger partial charge in [-0.1, -0.05) is 6.42 Å². The molecule has 0 atom stereocenters. The fraction of sp³-hybridized carbons (Fsp3) is 0.800. The highest BCUT2D eigenvalue weighted by Crippen LogP contribution is 2.39. The van der Waals surface area contributed by atoms with E-state index in [4.69, 9.17) is 4.84 Å². The molecule has 0 radical (unpaired) electrons. The Morgan fingerprint density at radius 3 is 2.75 bits per heavy atom. The number of hydrogen-bond donors (Lipinski definition) is 3. The van der Waals surface area contributed by atoms with E-state index in [9.17, 15) is 4.79 Å². The predicted octanol–water partition coefficient (Wildman–Crippen LogP) is 0.265. The molecule has 0 aliphatic heterocycles. The minimum absolute atomic E-state index is 0.133. The molecule has 6 heteroatoms. The number of rotatable bonds is 6. The molecule has 0 bridgehead atoms. The summed E-state index contributed by atoms with van der Waals surface area (Å²) in [4.78, 5) is 19.8. The Kier molecular flexibility index (Phi) is 5.04. The number of aliphatic imine (C=N–C) groups is 1. The zero-order valence-electron chi connectivity index (χ0n) is 9.88. The van der Waals surface area contributed by atoms with E-state index in [0.717, 1.165) is 19.4 Å². The minimum Gasteiger partial charge on any atom is -0.397 e. The smallest absolute Gasteiger partial charge is 0.314 e. The van der Waals surface area contributed by atoms with Gasteiger partial charge in [0.25, 0.3) is 0 Å². The molecule has 1 aliphatic carbocycles. The summed E-state index contributed by atoms with van der Waals surface area (Å²) in [6, 6.07) is -0.137. The van der Waals surface area contributed by atoms with Gasteiger partial charge in [-0.2, -0.15) is 5.48 Å². The molecular formula is C10H20N4O2. The summed E-state index contributed by atoms with van der Waals surface area (Å²) in [5.41, 5.74) is 2.98. The number of hydrogen-bond acceptors (Lipinski definition) is 4. The Balaban J connectivity index is 2.24. The number of urea groups is 1. The van der Waals surface area contributed by atoms with Gasteiger partial charge in [-0.25, -0.2) is 4.79 Å². The van der Waals surface area contributed by atoms with Gasteiger partial charge in [-0.05, 0) is 12.8 Å². The molecule has 0 spiro atoms. The molecule has 0 unspecified atom stereocenters. The van der Waals surface area contributed by atoms with Crippen molar-refractivity contribution >= 4 is 12.4 Å². The summed E-state index contributed by atoms with van der Waals surface area (Å²) in [6.07, 6.45) is 4.78. The maximum Gasteiger partial charge on any atom is 0.314 e. The molecule has 0 aromatic carbocycles. The molecule has 16 heavy (non-hydrogen) atoms. The van der Waals surface area contributed by atoms with Crippen molar-refractivity contribution in [3.63, 3.8) is 0 Å². The summed E-state index contributed by atoms with van der Waals surface area (Å²) >= 11 is 0. The van der Waals surface area contributed by atoms with Crippen molar-refractivity contribution in [3.05, 3.63) is 0 Å². The summed E-state index contributed by atoms with van der Waals surface area (Å²) in [7, 11) is 3.26. The normalized spacial score (nSPS) is 17.9. The molecule has 2 amide bonds. The number of amides is 2. The average molecular weight is 228 g/mol. The van der Waals surface area contributed by atoms with Crippen LogP contribution in [0.4, 0.5) is 4.79 Å². The molecular weight excluding hydrogens is 208 g/mol. The summed E-state index contributed by atoms with van der Waals surface area (Å²) in [5.74, 6) is 0. The lowest BCUT2D eigenvalue weighted by Crippen LogP contribution is -2.49. The van der Waals surface area contributed by atoms with E-state index in [1.165, 1.54) is 12.8 Å². The highest BCUT2D eigenvalue weighted by molar-refractivity contribution is 5.73. The fourth-order valence-electron chi connectivity index (χ4n) is 1.73. The van der Waals surface area contributed by atoms with Crippen LogP contribution in [0.5, 0.6) is 0 Å². The number of carbonyl (C=O) groups is 1. The largest absolute Gasteiger partial charge is 0.397 e. The number of nitrogens with one attached hydrogen (secondary N) is 3. The predicted molar refractivity (Wildman–Crippen MR) is 62.2 cm³/mol. The second kappa shape index (κ2) is 6.32. The molecule has 92 valence electrons. The zero-order valence-corrected chi connectivity index (χ0v) is 9.88. The van der Waals surface area contributed by atoms with E-state index in [-0.39, 0.29) is 11.4 Å². The maximum atomic E-state index is 11.1. The third kappa shape index (κ3) is 3.69. The van der Waals surface area contributed by atoms with Crippen molar-refractivity contribution in [3.8, 4) is 0 Å². The summed E-state index contributed by atoms with van der Waals surface area (Å²) in [6.45, 7) is 1.40. The fourth-order valence-corrected chi connectivity index (χ4v) is 1.73. The highest BCUT2D eigenvalue weighted by Gasteiger charge is 2.37. The molecule has 0 heterocycles. The second-order valence-electron chi connectivity index (χ2n) is 4.09. The third-order valence-electron chi connectivity index (χ3n) is 2.95. The van der Waals surface area contributed by atoms with Crippen LogP contribution in [0.2, 0.25) is 0 Å². The first-order chi connectivity index (χ1) is 7.72. The second-order valence-corrected chi connectivity index (χ2v) is 4.09. The van der Waals surface area contributed by atoms with Gasteiger partial charge in [-0.3, -0.25) is 4.99 Å². The maximum absolute atomic E-state index is 11.1. The van der Waals surface area contributed by atoms with Gasteiger partial charge >= 0.3 is 6.03 Å². The van der Waals surface area contributed by atoms with E-state index in [1.807, 2.05) is 0 Å².